The summed E-state index contributed by atoms with van der Waals surface area (Å²) in [4.78, 5) is 12.6. The highest BCUT2D eigenvalue weighted by atomic mass is 32.2. The minimum atomic E-state index is -3.65. The monoisotopic (exact) mass is 394 g/mol. The van der Waals surface area contributed by atoms with Gasteiger partial charge in [0.1, 0.15) is 0 Å². The lowest BCUT2D eigenvalue weighted by molar-refractivity contribution is 0.102. The van der Waals surface area contributed by atoms with E-state index in [1.807, 2.05) is 62.4 Å². The fourth-order valence-corrected chi connectivity index (χ4v) is 3.81. The van der Waals surface area contributed by atoms with Crippen LogP contribution in [0.2, 0.25) is 0 Å². The van der Waals surface area contributed by atoms with Gasteiger partial charge in [-0.05, 0) is 55.3 Å². The first-order chi connectivity index (χ1) is 13.3. The molecule has 3 aromatic carbocycles. The van der Waals surface area contributed by atoms with Gasteiger partial charge in [-0.25, -0.2) is 13.1 Å². The van der Waals surface area contributed by atoms with Crippen molar-refractivity contribution in [2.45, 2.75) is 25.3 Å². The number of anilines is 1. The fraction of sp³-hybridized carbons (Fsp3) is 0.136. The summed E-state index contributed by atoms with van der Waals surface area (Å²) in [6, 6.07) is 20.9. The van der Waals surface area contributed by atoms with Gasteiger partial charge in [0.15, 0.2) is 0 Å². The molecule has 0 heterocycles. The van der Waals surface area contributed by atoms with Gasteiger partial charge < -0.3 is 5.32 Å². The Morgan fingerprint density at radius 2 is 1.57 bits per heavy atom. The van der Waals surface area contributed by atoms with Gasteiger partial charge in [-0.3, -0.25) is 4.79 Å². The predicted molar refractivity (Wildman–Crippen MR) is 111 cm³/mol. The molecule has 0 unspecified atom stereocenters. The first-order valence-corrected chi connectivity index (χ1v) is 10.4. The van der Waals surface area contributed by atoms with Crippen LogP contribution in [0.4, 0.5) is 5.69 Å². The second-order valence-electron chi connectivity index (χ2n) is 6.61. The van der Waals surface area contributed by atoms with Crippen molar-refractivity contribution >= 4 is 21.6 Å². The average Bonchev–Trinajstić information content (AvgIpc) is 2.69. The molecule has 1 amide bonds. The SMILES string of the molecule is Cc1ccc(NC(=O)c2ccc(S(=O)(=O)NCc3ccccc3)cc2)c(C)c1. The molecule has 5 nitrogen and oxygen atoms in total. The van der Waals surface area contributed by atoms with Gasteiger partial charge in [-0.1, -0.05) is 48.0 Å². The number of nitrogens with one attached hydrogen (secondary N) is 2. The Hall–Kier alpha value is -2.96. The lowest BCUT2D eigenvalue weighted by Gasteiger charge is -2.10. The van der Waals surface area contributed by atoms with E-state index < -0.39 is 10.0 Å². The predicted octanol–water partition coefficient (Wildman–Crippen LogP) is 4.03. The molecule has 0 saturated heterocycles. The first-order valence-electron chi connectivity index (χ1n) is 8.87. The minimum Gasteiger partial charge on any atom is -0.322 e. The van der Waals surface area contributed by atoms with E-state index in [1.54, 1.807) is 0 Å². The van der Waals surface area contributed by atoms with Crippen LogP contribution >= 0.6 is 0 Å². The van der Waals surface area contributed by atoms with Crippen LogP contribution < -0.4 is 10.0 Å². The summed E-state index contributed by atoms with van der Waals surface area (Å²) in [6.07, 6.45) is 0. The molecule has 6 heteroatoms. The molecule has 0 aromatic heterocycles. The molecule has 3 aromatic rings. The van der Waals surface area contributed by atoms with E-state index in [1.165, 1.54) is 24.3 Å². The summed E-state index contributed by atoms with van der Waals surface area (Å²) in [5.41, 5.74) is 4.08. The molecule has 2 N–H and O–H groups in total. The number of rotatable bonds is 6. The molecule has 0 aliphatic rings. The van der Waals surface area contributed by atoms with E-state index in [2.05, 4.69) is 10.0 Å². The Labute approximate surface area is 165 Å². The van der Waals surface area contributed by atoms with E-state index in [0.29, 0.717) is 5.56 Å². The van der Waals surface area contributed by atoms with Gasteiger partial charge >= 0.3 is 0 Å². The lowest BCUT2D eigenvalue weighted by Crippen LogP contribution is -2.23. The summed E-state index contributed by atoms with van der Waals surface area (Å²) < 4.78 is 27.4. The van der Waals surface area contributed by atoms with Crippen molar-refractivity contribution in [1.29, 1.82) is 0 Å². The second-order valence-corrected chi connectivity index (χ2v) is 8.37. The maximum absolute atomic E-state index is 12.4. The van der Waals surface area contributed by atoms with Gasteiger partial charge in [0, 0.05) is 17.8 Å². The maximum atomic E-state index is 12.4. The number of sulfonamides is 1. The minimum absolute atomic E-state index is 0.117. The van der Waals surface area contributed by atoms with Crippen molar-refractivity contribution in [2.75, 3.05) is 5.32 Å². The van der Waals surface area contributed by atoms with Gasteiger partial charge in [0.25, 0.3) is 5.91 Å². The Morgan fingerprint density at radius 1 is 0.893 bits per heavy atom. The Bertz CT molecular complexity index is 1080. The third kappa shape index (κ3) is 4.85. The van der Waals surface area contributed by atoms with E-state index in [9.17, 15) is 13.2 Å². The van der Waals surface area contributed by atoms with Crippen LogP contribution in [0.25, 0.3) is 0 Å². The molecule has 3 rings (SSSR count). The number of aryl methyl sites for hydroxylation is 2. The highest BCUT2D eigenvalue weighted by molar-refractivity contribution is 7.89. The van der Waals surface area contributed by atoms with Gasteiger partial charge in [0.05, 0.1) is 4.90 Å². The Kier molecular flexibility index (Phi) is 5.92. The maximum Gasteiger partial charge on any atom is 0.255 e. The highest BCUT2D eigenvalue weighted by Crippen LogP contribution is 2.18. The zero-order valence-electron chi connectivity index (χ0n) is 15.8. The van der Waals surface area contributed by atoms with Crippen molar-refractivity contribution < 1.29 is 13.2 Å². The molecule has 0 aliphatic heterocycles. The molecule has 0 radical (unpaired) electrons. The smallest absolute Gasteiger partial charge is 0.255 e. The molecule has 144 valence electrons. The number of carbonyl (C=O) groups excluding carboxylic acids is 1. The van der Waals surface area contributed by atoms with Crippen LogP contribution in [0.1, 0.15) is 27.0 Å². The molecule has 0 fully saturated rings. The van der Waals surface area contributed by atoms with Crippen molar-refractivity contribution in [3.8, 4) is 0 Å². The van der Waals surface area contributed by atoms with Crippen molar-refractivity contribution in [1.82, 2.24) is 4.72 Å². The molecule has 28 heavy (non-hydrogen) atoms. The molecule has 0 aliphatic carbocycles. The van der Waals surface area contributed by atoms with Crippen LogP contribution in [-0.2, 0) is 16.6 Å². The standard InChI is InChI=1S/C22H22N2O3S/c1-16-8-13-21(17(2)14-16)24-22(25)19-9-11-20(12-10-19)28(26,27)23-15-18-6-4-3-5-7-18/h3-14,23H,15H2,1-2H3,(H,24,25). The first kappa shape index (κ1) is 19.8. The summed E-state index contributed by atoms with van der Waals surface area (Å²) in [5.74, 6) is -0.284. The molecular weight excluding hydrogens is 372 g/mol. The quantitative estimate of drug-likeness (QED) is 0.663. The number of hydrogen-bond donors (Lipinski definition) is 2. The van der Waals surface area contributed by atoms with Gasteiger partial charge in [0.2, 0.25) is 10.0 Å². The van der Waals surface area contributed by atoms with E-state index in [-0.39, 0.29) is 17.3 Å². The topological polar surface area (TPSA) is 75.3 Å². The largest absolute Gasteiger partial charge is 0.322 e. The lowest BCUT2D eigenvalue weighted by atomic mass is 10.1. The van der Waals surface area contributed by atoms with Gasteiger partial charge in [-0.2, -0.15) is 0 Å². The normalized spacial score (nSPS) is 11.2. The number of hydrogen-bond acceptors (Lipinski definition) is 3. The number of amides is 1. The van der Waals surface area contributed by atoms with E-state index in [0.717, 1.165) is 22.4 Å². The molecule has 0 atom stereocenters. The average molecular weight is 394 g/mol. The highest BCUT2D eigenvalue weighted by Gasteiger charge is 2.15. The van der Waals surface area contributed by atoms with Crippen LogP contribution in [0.15, 0.2) is 77.7 Å². The summed E-state index contributed by atoms with van der Waals surface area (Å²) in [5, 5.41) is 2.85. The van der Waals surface area contributed by atoms with Crippen LogP contribution in [0.5, 0.6) is 0 Å². The third-order valence-electron chi connectivity index (χ3n) is 4.37. The zero-order valence-corrected chi connectivity index (χ0v) is 16.6. The molecular formula is C22H22N2O3S. The van der Waals surface area contributed by atoms with Crippen LogP contribution in [0, 0.1) is 13.8 Å². The second kappa shape index (κ2) is 8.37. The van der Waals surface area contributed by atoms with Crippen molar-refractivity contribution in [3.05, 3.63) is 95.1 Å². The molecule has 0 spiro atoms. The number of benzene rings is 3. The third-order valence-corrected chi connectivity index (χ3v) is 5.78. The zero-order chi connectivity index (χ0) is 20.1. The summed E-state index contributed by atoms with van der Waals surface area (Å²) >= 11 is 0. The van der Waals surface area contributed by atoms with Gasteiger partial charge in [-0.15, -0.1) is 0 Å². The van der Waals surface area contributed by atoms with Crippen molar-refractivity contribution in [3.63, 3.8) is 0 Å². The van der Waals surface area contributed by atoms with E-state index >= 15 is 0 Å². The summed E-state index contributed by atoms with van der Waals surface area (Å²) in [7, 11) is -3.65. The summed E-state index contributed by atoms with van der Waals surface area (Å²) in [6.45, 7) is 4.12. The van der Waals surface area contributed by atoms with Crippen LogP contribution in [-0.4, -0.2) is 14.3 Å². The fourth-order valence-electron chi connectivity index (χ4n) is 2.79. The van der Waals surface area contributed by atoms with Crippen LogP contribution in [0.3, 0.4) is 0 Å². The van der Waals surface area contributed by atoms with Crippen molar-refractivity contribution in [2.24, 2.45) is 0 Å². The Morgan fingerprint density at radius 3 is 2.21 bits per heavy atom. The Balaban J connectivity index is 1.69. The molecule has 0 saturated carbocycles. The molecule has 0 bridgehead atoms. The van der Waals surface area contributed by atoms with E-state index in [4.69, 9.17) is 0 Å². The number of carbonyl (C=O) groups is 1.